The summed E-state index contributed by atoms with van der Waals surface area (Å²) in [6, 6.07) is 0. The molecule has 112 valence electrons. The molecule has 20 heavy (non-hydrogen) atoms. The summed E-state index contributed by atoms with van der Waals surface area (Å²) in [6.07, 6.45) is 4.46. The maximum absolute atomic E-state index is 11.9. The quantitative estimate of drug-likeness (QED) is 0.546. The van der Waals surface area contributed by atoms with E-state index in [1.54, 1.807) is 0 Å². The van der Waals surface area contributed by atoms with Crippen molar-refractivity contribution in [2.24, 2.45) is 17.8 Å². The number of hydrogen-bond donors (Lipinski definition) is 0. The first-order valence-corrected chi connectivity index (χ1v) is 7.84. The summed E-state index contributed by atoms with van der Waals surface area (Å²) in [5, 5.41) is 0. The molecule has 0 N–H and O–H groups in total. The average Bonchev–Trinajstić information content (AvgIpc) is 2.69. The van der Waals surface area contributed by atoms with Gasteiger partial charge in [-0.05, 0) is 25.2 Å². The van der Waals surface area contributed by atoms with Gasteiger partial charge < -0.3 is 9.47 Å². The predicted molar refractivity (Wildman–Crippen MR) is 68.1 cm³/mol. The lowest BCUT2D eigenvalue weighted by Gasteiger charge is -2.56. The third-order valence-corrected chi connectivity index (χ3v) is 5.93. The van der Waals surface area contributed by atoms with E-state index in [2.05, 4.69) is 6.92 Å². The molecule has 5 aliphatic rings. The predicted octanol–water partition coefficient (Wildman–Crippen LogP) is 2.54. The molecule has 5 heteroatoms. The first-order chi connectivity index (χ1) is 9.59. The van der Waals surface area contributed by atoms with E-state index in [0.717, 1.165) is 25.7 Å². The largest absolute Gasteiger partial charge is 0.432 e. The van der Waals surface area contributed by atoms with Gasteiger partial charge in [-0.1, -0.05) is 13.8 Å². The van der Waals surface area contributed by atoms with Crippen LogP contribution in [0.3, 0.4) is 0 Å². The van der Waals surface area contributed by atoms with Crippen LogP contribution < -0.4 is 0 Å². The van der Waals surface area contributed by atoms with Crippen molar-refractivity contribution < 1.29 is 24.0 Å². The fourth-order valence-corrected chi connectivity index (χ4v) is 4.68. The third kappa shape index (κ3) is 1.51. The van der Waals surface area contributed by atoms with Crippen molar-refractivity contribution in [1.29, 1.82) is 0 Å². The molecule has 0 amide bonds. The SMILES string of the molecule is CC[C@@]12CC[C@H]3[C@H](C)CC[C@H]4CC(=O)O[C@H](O1)[C@]43OO2. The maximum atomic E-state index is 11.9. The monoisotopic (exact) mass is 282 g/mol. The Hall–Kier alpha value is -0.650. The number of rotatable bonds is 1. The molecule has 0 unspecified atom stereocenters. The molecule has 1 saturated carbocycles. The van der Waals surface area contributed by atoms with Crippen LogP contribution in [0.2, 0.25) is 0 Å². The fraction of sp³-hybridized carbons (Fsp3) is 0.933. The summed E-state index contributed by atoms with van der Waals surface area (Å²) in [5.41, 5.74) is -0.583. The van der Waals surface area contributed by atoms with Gasteiger partial charge in [0.2, 0.25) is 12.1 Å². The molecule has 0 radical (unpaired) electrons. The van der Waals surface area contributed by atoms with Crippen LogP contribution in [-0.2, 0) is 24.0 Å². The molecule has 6 atom stereocenters. The molecule has 2 bridgehead atoms. The molecule has 0 aromatic rings. The average molecular weight is 282 g/mol. The number of carbonyl (C=O) groups excluding carboxylic acids is 1. The van der Waals surface area contributed by atoms with Gasteiger partial charge in [0, 0.05) is 24.7 Å². The van der Waals surface area contributed by atoms with E-state index >= 15 is 0 Å². The molecular weight excluding hydrogens is 260 g/mol. The Morgan fingerprint density at radius 3 is 2.90 bits per heavy atom. The van der Waals surface area contributed by atoms with Gasteiger partial charge in [-0.25, -0.2) is 9.78 Å². The fourth-order valence-electron chi connectivity index (χ4n) is 4.68. The summed E-state index contributed by atoms with van der Waals surface area (Å²) in [6.45, 7) is 4.28. The number of hydrogen-bond acceptors (Lipinski definition) is 5. The van der Waals surface area contributed by atoms with Crippen molar-refractivity contribution in [3.8, 4) is 0 Å². The van der Waals surface area contributed by atoms with E-state index in [0.29, 0.717) is 24.7 Å². The standard InChI is InChI=1S/C15H22O5/c1-3-14-7-6-11-9(2)4-5-10-8-12(16)17-13(18-14)15(10,11)20-19-14/h9-11,13H,3-8H2,1-2H3/t9-,10+,11+,13-,14-,15+/m1/s1. The summed E-state index contributed by atoms with van der Waals surface area (Å²) >= 11 is 0. The van der Waals surface area contributed by atoms with Gasteiger partial charge in [0.05, 0.1) is 6.42 Å². The van der Waals surface area contributed by atoms with Gasteiger partial charge in [0.15, 0.2) is 5.60 Å². The van der Waals surface area contributed by atoms with Gasteiger partial charge in [-0.15, -0.1) is 0 Å². The van der Waals surface area contributed by atoms with Crippen LogP contribution in [0.5, 0.6) is 0 Å². The molecule has 1 aliphatic carbocycles. The van der Waals surface area contributed by atoms with Gasteiger partial charge in [0.25, 0.3) is 0 Å². The number of ether oxygens (including phenoxy) is 2. The molecule has 5 fully saturated rings. The molecule has 4 heterocycles. The summed E-state index contributed by atoms with van der Waals surface area (Å²) in [4.78, 5) is 23.6. The minimum Gasteiger partial charge on any atom is -0.432 e. The minimum absolute atomic E-state index is 0.155. The number of fused-ring (bicyclic) bond motifs is 2. The molecule has 5 rings (SSSR count). The molecule has 4 aliphatic heterocycles. The van der Waals surface area contributed by atoms with Crippen LogP contribution in [0.1, 0.15) is 52.4 Å². The summed E-state index contributed by atoms with van der Waals surface area (Å²) < 4.78 is 11.6. The van der Waals surface area contributed by atoms with Crippen molar-refractivity contribution in [2.75, 3.05) is 0 Å². The highest BCUT2D eigenvalue weighted by Crippen LogP contribution is 2.59. The molecule has 5 nitrogen and oxygen atoms in total. The van der Waals surface area contributed by atoms with Crippen molar-refractivity contribution >= 4 is 5.97 Å². The smallest absolute Gasteiger partial charge is 0.308 e. The molecule has 1 spiro atoms. The van der Waals surface area contributed by atoms with E-state index in [-0.39, 0.29) is 11.9 Å². The van der Waals surface area contributed by atoms with Gasteiger partial charge in [-0.2, -0.15) is 0 Å². The van der Waals surface area contributed by atoms with Crippen LogP contribution >= 0.6 is 0 Å². The maximum Gasteiger partial charge on any atom is 0.308 e. The van der Waals surface area contributed by atoms with E-state index in [9.17, 15) is 4.79 Å². The van der Waals surface area contributed by atoms with E-state index in [1.807, 2.05) is 6.92 Å². The Kier molecular flexibility index (Phi) is 2.73. The van der Waals surface area contributed by atoms with Crippen LogP contribution in [0, 0.1) is 17.8 Å². The lowest BCUT2D eigenvalue weighted by Crippen LogP contribution is -2.68. The number of esters is 1. The summed E-state index contributed by atoms with van der Waals surface area (Å²) in [7, 11) is 0. The lowest BCUT2D eigenvalue weighted by molar-refractivity contribution is -0.561. The van der Waals surface area contributed by atoms with Crippen LogP contribution in [0.4, 0.5) is 0 Å². The Morgan fingerprint density at radius 2 is 2.10 bits per heavy atom. The zero-order chi connectivity index (χ0) is 14.0. The molecular formula is C15H22O5. The molecule has 0 aromatic heterocycles. The highest BCUT2D eigenvalue weighted by Gasteiger charge is 2.68. The molecule has 0 aromatic carbocycles. The van der Waals surface area contributed by atoms with Crippen molar-refractivity contribution in [2.45, 2.75) is 70.1 Å². The van der Waals surface area contributed by atoms with Crippen molar-refractivity contribution in [3.63, 3.8) is 0 Å². The van der Waals surface area contributed by atoms with Crippen molar-refractivity contribution in [3.05, 3.63) is 0 Å². The third-order valence-electron chi connectivity index (χ3n) is 5.93. The Morgan fingerprint density at radius 1 is 1.25 bits per heavy atom. The zero-order valence-corrected chi connectivity index (χ0v) is 12.1. The van der Waals surface area contributed by atoms with Gasteiger partial charge >= 0.3 is 5.97 Å². The Bertz CT molecular complexity index is 434. The second-order valence-corrected chi connectivity index (χ2v) is 6.82. The highest BCUT2D eigenvalue weighted by atomic mass is 17.3. The second kappa shape index (κ2) is 4.18. The van der Waals surface area contributed by atoms with E-state index in [1.165, 1.54) is 0 Å². The first kappa shape index (κ1) is 13.0. The van der Waals surface area contributed by atoms with E-state index < -0.39 is 17.7 Å². The summed E-state index contributed by atoms with van der Waals surface area (Å²) in [5.74, 6) is 0.137. The van der Waals surface area contributed by atoms with Crippen LogP contribution in [-0.4, -0.2) is 23.6 Å². The topological polar surface area (TPSA) is 54.0 Å². The highest BCUT2D eigenvalue weighted by molar-refractivity contribution is 5.71. The normalized spacial score (nSPS) is 54.0. The lowest BCUT2D eigenvalue weighted by atomic mass is 9.60. The van der Waals surface area contributed by atoms with Crippen molar-refractivity contribution in [1.82, 2.24) is 0 Å². The Balaban J connectivity index is 1.80. The number of carbonyl (C=O) groups is 1. The minimum atomic E-state index is -0.741. The van der Waals surface area contributed by atoms with Gasteiger partial charge in [-0.3, -0.25) is 4.79 Å². The molecule has 4 saturated heterocycles. The van der Waals surface area contributed by atoms with Crippen LogP contribution in [0.15, 0.2) is 0 Å². The Labute approximate surface area is 118 Å². The second-order valence-electron chi connectivity index (χ2n) is 6.82. The zero-order valence-electron chi connectivity index (χ0n) is 12.1. The van der Waals surface area contributed by atoms with Crippen LogP contribution in [0.25, 0.3) is 0 Å². The first-order valence-electron chi connectivity index (χ1n) is 7.84. The van der Waals surface area contributed by atoms with E-state index in [4.69, 9.17) is 19.2 Å². The van der Waals surface area contributed by atoms with Gasteiger partial charge in [0.1, 0.15) is 0 Å².